The van der Waals surface area contributed by atoms with Crippen LogP contribution in [-0.4, -0.2) is 47.6 Å². The number of rotatable bonds is 4. The molecule has 0 amide bonds. The summed E-state index contributed by atoms with van der Waals surface area (Å²) in [5.41, 5.74) is 4.44. The molecular formula is C24H38N2O4. The monoisotopic (exact) mass is 418 g/mol. The molecule has 168 valence electrons. The summed E-state index contributed by atoms with van der Waals surface area (Å²) in [5, 5.41) is 14.4. The minimum absolute atomic E-state index is 0.412. The average Bonchev–Trinajstić information content (AvgIpc) is 2.88. The van der Waals surface area contributed by atoms with Crippen molar-refractivity contribution in [3.8, 4) is 0 Å². The molecule has 1 aliphatic carbocycles. The predicted octanol–water partition coefficient (Wildman–Crippen LogP) is 4.21. The molecule has 0 aromatic heterocycles. The molecule has 1 unspecified atom stereocenters. The molecule has 2 N–H and O–H groups in total. The summed E-state index contributed by atoms with van der Waals surface area (Å²) < 4.78 is 11.2. The summed E-state index contributed by atoms with van der Waals surface area (Å²) in [7, 11) is 1.39. The highest BCUT2D eigenvalue weighted by molar-refractivity contribution is 5.79. The van der Waals surface area contributed by atoms with Gasteiger partial charge in [0.15, 0.2) is 12.5 Å². The molecule has 0 radical (unpaired) electrons. The smallest absolute Gasteiger partial charge is 0.339 e. The van der Waals surface area contributed by atoms with Crippen LogP contribution in [0.25, 0.3) is 0 Å². The number of anilines is 1. The molecule has 1 aromatic carbocycles. The summed E-state index contributed by atoms with van der Waals surface area (Å²) in [4.78, 5) is 14.8. The maximum Gasteiger partial charge on any atom is 0.339 e. The quantitative estimate of drug-likeness (QED) is 0.714. The van der Waals surface area contributed by atoms with E-state index in [-0.39, 0.29) is 0 Å². The van der Waals surface area contributed by atoms with Gasteiger partial charge in [-0.25, -0.2) is 4.79 Å². The maximum atomic E-state index is 12.6. The molecule has 1 aliphatic heterocycles. The Morgan fingerprint density at radius 2 is 1.90 bits per heavy atom. The molecule has 6 nitrogen and oxygen atoms in total. The molecule has 1 aromatic rings. The number of benzene rings is 1. The van der Waals surface area contributed by atoms with E-state index in [9.17, 15) is 9.90 Å². The van der Waals surface area contributed by atoms with Crippen molar-refractivity contribution in [2.75, 3.05) is 19.0 Å². The molecule has 2 aliphatic rings. The first-order chi connectivity index (χ1) is 14.1. The normalized spacial score (nSPS) is 22.0. The summed E-state index contributed by atoms with van der Waals surface area (Å²) in [5.74, 6) is -0.412. The maximum absolute atomic E-state index is 12.6. The van der Waals surface area contributed by atoms with E-state index >= 15 is 0 Å². The number of carbonyl (C=O) groups is 1. The second-order valence-electron chi connectivity index (χ2n) is 9.69. The SMILES string of the molecule is COC(=O)[C@@H](OC(C)(C)C)c1cc(C)c2c(c1C)NC(O)N(C1CCCCC1)CC2. The van der Waals surface area contributed by atoms with Crippen LogP contribution in [0.15, 0.2) is 6.07 Å². The van der Waals surface area contributed by atoms with Crippen LogP contribution in [0.2, 0.25) is 0 Å². The fraction of sp³-hybridized carbons (Fsp3) is 0.708. The number of aliphatic hydroxyl groups is 1. The third-order valence-corrected chi connectivity index (χ3v) is 6.38. The first-order valence-electron chi connectivity index (χ1n) is 11.2. The Hall–Kier alpha value is -1.63. The number of fused-ring (bicyclic) bond motifs is 1. The molecular weight excluding hydrogens is 380 g/mol. The Morgan fingerprint density at radius 3 is 2.50 bits per heavy atom. The molecule has 1 heterocycles. The lowest BCUT2D eigenvalue weighted by Gasteiger charge is -2.36. The Kier molecular flexibility index (Phi) is 7.10. The minimum Gasteiger partial charge on any atom is -0.467 e. The Balaban J connectivity index is 1.96. The number of carbonyl (C=O) groups excluding carboxylic acids is 1. The zero-order valence-corrected chi connectivity index (χ0v) is 19.4. The van der Waals surface area contributed by atoms with E-state index in [1.807, 2.05) is 33.8 Å². The fourth-order valence-corrected chi connectivity index (χ4v) is 4.86. The Morgan fingerprint density at radius 1 is 1.23 bits per heavy atom. The molecule has 1 fully saturated rings. The molecule has 3 rings (SSSR count). The third kappa shape index (κ3) is 4.98. The highest BCUT2D eigenvalue weighted by Crippen LogP contribution is 2.37. The number of hydrogen-bond acceptors (Lipinski definition) is 6. The van der Waals surface area contributed by atoms with Crippen LogP contribution in [0, 0.1) is 13.8 Å². The van der Waals surface area contributed by atoms with Crippen molar-refractivity contribution >= 4 is 11.7 Å². The standard InChI is InChI=1S/C24H38N2O4/c1-15-14-19(21(22(27)29-6)30-24(3,4)5)16(2)20-18(15)12-13-26(23(28)25-20)17-10-8-7-9-11-17/h14,17,21,23,25,28H,7-13H2,1-6H3/t21-,23?/m0/s1. The van der Waals surface area contributed by atoms with E-state index in [1.54, 1.807) is 0 Å². The van der Waals surface area contributed by atoms with Gasteiger partial charge in [-0.2, -0.15) is 0 Å². The van der Waals surface area contributed by atoms with Crippen molar-refractivity contribution in [2.24, 2.45) is 0 Å². The number of methoxy groups -OCH3 is 1. The number of ether oxygens (including phenoxy) is 2. The van der Waals surface area contributed by atoms with E-state index in [0.29, 0.717) is 6.04 Å². The van der Waals surface area contributed by atoms with Crippen LogP contribution in [0.1, 0.15) is 81.2 Å². The predicted molar refractivity (Wildman–Crippen MR) is 118 cm³/mol. The zero-order valence-electron chi connectivity index (χ0n) is 19.4. The zero-order chi connectivity index (χ0) is 22.1. The van der Waals surface area contributed by atoms with Crippen LogP contribution in [0.3, 0.4) is 0 Å². The van der Waals surface area contributed by atoms with Gasteiger partial charge in [0, 0.05) is 18.3 Å². The van der Waals surface area contributed by atoms with Crippen LogP contribution in [-0.2, 0) is 20.7 Å². The molecule has 30 heavy (non-hydrogen) atoms. The van der Waals surface area contributed by atoms with Crippen molar-refractivity contribution < 1.29 is 19.4 Å². The number of aryl methyl sites for hydroxylation is 1. The molecule has 0 saturated heterocycles. The second-order valence-corrected chi connectivity index (χ2v) is 9.69. The molecule has 2 atom stereocenters. The van der Waals surface area contributed by atoms with Gasteiger partial charge in [-0.15, -0.1) is 0 Å². The van der Waals surface area contributed by atoms with Gasteiger partial charge in [-0.1, -0.05) is 25.3 Å². The fourth-order valence-electron chi connectivity index (χ4n) is 4.86. The Bertz CT molecular complexity index is 765. The van der Waals surface area contributed by atoms with Gasteiger partial charge in [0.25, 0.3) is 0 Å². The topological polar surface area (TPSA) is 71.0 Å². The van der Waals surface area contributed by atoms with Gasteiger partial charge in [-0.3, -0.25) is 4.90 Å². The minimum atomic E-state index is -0.810. The van der Waals surface area contributed by atoms with Crippen molar-refractivity contribution in [3.63, 3.8) is 0 Å². The lowest BCUT2D eigenvalue weighted by molar-refractivity contribution is -0.164. The van der Waals surface area contributed by atoms with E-state index in [1.165, 1.54) is 31.9 Å². The molecule has 0 spiro atoms. The molecule has 1 saturated carbocycles. The van der Waals surface area contributed by atoms with Gasteiger partial charge in [-0.05, 0) is 76.1 Å². The third-order valence-electron chi connectivity index (χ3n) is 6.38. The number of aliphatic hydroxyl groups excluding tert-OH is 1. The van der Waals surface area contributed by atoms with Gasteiger partial charge >= 0.3 is 5.97 Å². The number of esters is 1. The van der Waals surface area contributed by atoms with E-state index in [0.717, 1.165) is 48.2 Å². The van der Waals surface area contributed by atoms with Gasteiger partial charge in [0.1, 0.15) is 0 Å². The summed E-state index contributed by atoms with van der Waals surface area (Å²) >= 11 is 0. The summed E-state index contributed by atoms with van der Waals surface area (Å²) in [6.07, 6.45) is 5.36. The average molecular weight is 419 g/mol. The van der Waals surface area contributed by atoms with Crippen molar-refractivity contribution in [3.05, 3.63) is 28.3 Å². The largest absolute Gasteiger partial charge is 0.467 e. The highest BCUT2D eigenvalue weighted by Gasteiger charge is 2.34. The second kappa shape index (κ2) is 9.25. The van der Waals surface area contributed by atoms with Gasteiger partial charge < -0.3 is 19.9 Å². The van der Waals surface area contributed by atoms with E-state index in [2.05, 4.69) is 17.1 Å². The van der Waals surface area contributed by atoms with Crippen LogP contribution in [0.4, 0.5) is 5.69 Å². The van der Waals surface area contributed by atoms with Crippen molar-refractivity contribution in [1.82, 2.24) is 4.90 Å². The van der Waals surface area contributed by atoms with Crippen molar-refractivity contribution in [1.29, 1.82) is 0 Å². The number of hydrogen-bond donors (Lipinski definition) is 2. The van der Waals surface area contributed by atoms with Crippen LogP contribution >= 0.6 is 0 Å². The van der Waals surface area contributed by atoms with Crippen molar-refractivity contribution in [2.45, 2.75) is 97.2 Å². The highest BCUT2D eigenvalue weighted by atomic mass is 16.6. The van der Waals surface area contributed by atoms with E-state index < -0.39 is 24.0 Å². The molecule has 6 heteroatoms. The van der Waals surface area contributed by atoms with Crippen LogP contribution < -0.4 is 5.32 Å². The molecule has 0 bridgehead atoms. The van der Waals surface area contributed by atoms with Crippen LogP contribution in [0.5, 0.6) is 0 Å². The summed E-state index contributed by atoms with van der Waals surface area (Å²) in [6.45, 7) is 10.7. The first-order valence-corrected chi connectivity index (χ1v) is 11.2. The summed E-state index contributed by atoms with van der Waals surface area (Å²) in [6, 6.07) is 2.47. The number of nitrogens with one attached hydrogen (secondary N) is 1. The Labute approximate surface area is 180 Å². The lowest BCUT2D eigenvalue weighted by atomic mass is 9.91. The lowest BCUT2D eigenvalue weighted by Crippen LogP contribution is -2.47. The van der Waals surface area contributed by atoms with Gasteiger partial charge in [0.05, 0.1) is 12.7 Å². The number of nitrogens with zero attached hydrogens (tertiary/aromatic N) is 1. The van der Waals surface area contributed by atoms with Gasteiger partial charge in [0.2, 0.25) is 0 Å². The van der Waals surface area contributed by atoms with E-state index in [4.69, 9.17) is 9.47 Å². The first kappa shape index (κ1) is 23.0.